The van der Waals surface area contributed by atoms with Crippen LogP contribution in [-0.4, -0.2) is 58.6 Å². The lowest BCUT2D eigenvalue weighted by Gasteiger charge is -2.36. The van der Waals surface area contributed by atoms with Crippen LogP contribution in [0, 0.1) is 5.92 Å². The molecule has 1 aliphatic heterocycles. The van der Waals surface area contributed by atoms with Gasteiger partial charge in [0.15, 0.2) is 0 Å². The molecule has 22 heavy (non-hydrogen) atoms. The molecular weight excluding hydrogens is 278 g/mol. The Balaban J connectivity index is 1.86. The first-order chi connectivity index (χ1) is 10.5. The third kappa shape index (κ3) is 4.47. The maximum absolute atomic E-state index is 12.4. The highest BCUT2D eigenvalue weighted by molar-refractivity contribution is 5.74. The van der Waals surface area contributed by atoms with Crippen LogP contribution in [0.15, 0.2) is 12.4 Å². The van der Waals surface area contributed by atoms with Gasteiger partial charge in [-0.1, -0.05) is 13.8 Å². The zero-order chi connectivity index (χ0) is 16.1. The minimum atomic E-state index is 0.0191. The number of carbonyl (C=O) groups excluding carboxylic acids is 1. The van der Waals surface area contributed by atoms with Crippen LogP contribution in [0.5, 0.6) is 0 Å². The summed E-state index contributed by atoms with van der Waals surface area (Å²) < 4.78 is 2.11. The van der Waals surface area contributed by atoms with E-state index in [-0.39, 0.29) is 6.03 Å². The lowest BCUT2D eigenvalue weighted by molar-refractivity contribution is 0.139. The second-order valence-corrected chi connectivity index (χ2v) is 6.75. The molecule has 2 heterocycles. The number of nitrogens with one attached hydrogen (secondary N) is 1. The Kier molecular flexibility index (Phi) is 5.83. The van der Waals surface area contributed by atoms with E-state index in [2.05, 4.69) is 47.7 Å². The highest BCUT2D eigenvalue weighted by atomic mass is 16.2. The molecular formula is C16H29N5O. The van der Waals surface area contributed by atoms with Crippen LogP contribution in [0.2, 0.25) is 0 Å². The smallest absolute Gasteiger partial charge is 0.317 e. The summed E-state index contributed by atoms with van der Waals surface area (Å²) in [5, 5.41) is 3.01. The molecule has 1 saturated heterocycles. The predicted molar refractivity (Wildman–Crippen MR) is 87.6 cm³/mol. The first-order valence-corrected chi connectivity index (χ1v) is 8.16. The Bertz CT molecular complexity index is 483. The maximum atomic E-state index is 12.4. The number of carbonyl (C=O) groups is 1. The van der Waals surface area contributed by atoms with Crippen molar-refractivity contribution in [1.29, 1.82) is 0 Å². The van der Waals surface area contributed by atoms with E-state index in [0.29, 0.717) is 18.5 Å². The van der Waals surface area contributed by atoms with Gasteiger partial charge in [0.05, 0.1) is 6.54 Å². The summed E-state index contributed by atoms with van der Waals surface area (Å²) >= 11 is 0. The number of hydrogen-bond donors (Lipinski definition) is 1. The van der Waals surface area contributed by atoms with Crippen molar-refractivity contribution in [3.8, 4) is 0 Å². The standard InChI is InChI=1S/C16H29N5O/c1-13(2)11-20-9-7-17-15(20)10-18-16(22)21-8-5-6-14(12-21)19(3)4/h7,9,13-14H,5-6,8,10-12H2,1-4H3,(H,18,22)/t14-/m1/s1. The van der Waals surface area contributed by atoms with Gasteiger partial charge < -0.3 is 19.7 Å². The molecule has 0 saturated carbocycles. The van der Waals surface area contributed by atoms with Crippen LogP contribution in [0.3, 0.4) is 0 Å². The minimum Gasteiger partial charge on any atom is -0.333 e. The number of imidazole rings is 1. The second kappa shape index (κ2) is 7.63. The van der Waals surface area contributed by atoms with E-state index in [1.54, 1.807) is 6.20 Å². The Hall–Kier alpha value is -1.56. The average molecular weight is 307 g/mol. The number of amides is 2. The molecule has 1 N–H and O–H groups in total. The number of aromatic nitrogens is 2. The predicted octanol–water partition coefficient (Wildman–Crippen LogP) is 1.77. The van der Waals surface area contributed by atoms with Crippen LogP contribution in [0.4, 0.5) is 4.79 Å². The first kappa shape index (κ1) is 16.8. The number of hydrogen-bond acceptors (Lipinski definition) is 3. The topological polar surface area (TPSA) is 53.4 Å². The molecule has 1 aromatic heterocycles. The molecule has 0 aromatic carbocycles. The number of likely N-dealkylation sites (tertiary alicyclic amines) is 1. The Morgan fingerprint density at radius 2 is 2.27 bits per heavy atom. The molecule has 124 valence electrons. The van der Waals surface area contributed by atoms with Gasteiger partial charge in [0.1, 0.15) is 5.82 Å². The molecule has 2 amide bonds. The van der Waals surface area contributed by atoms with Crippen molar-refractivity contribution >= 4 is 6.03 Å². The molecule has 0 bridgehead atoms. The van der Waals surface area contributed by atoms with Crippen molar-refractivity contribution < 1.29 is 4.79 Å². The van der Waals surface area contributed by atoms with Crippen LogP contribution in [0.25, 0.3) is 0 Å². The zero-order valence-corrected chi connectivity index (χ0v) is 14.2. The number of urea groups is 1. The van der Waals surface area contributed by atoms with Gasteiger partial charge in [-0.15, -0.1) is 0 Å². The van der Waals surface area contributed by atoms with E-state index in [9.17, 15) is 4.79 Å². The van der Waals surface area contributed by atoms with Crippen molar-refractivity contribution in [3.05, 3.63) is 18.2 Å². The Labute approximate surface area is 133 Å². The highest BCUT2D eigenvalue weighted by Gasteiger charge is 2.24. The van der Waals surface area contributed by atoms with E-state index in [1.807, 2.05) is 11.1 Å². The molecule has 1 aliphatic rings. The van der Waals surface area contributed by atoms with Gasteiger partial charge >= 0.3 is 6.03 Å². The van der Waals surface area contributed by atoms with E-state index >= 15 is 0 Å². The SMILES string of the molecule is CC(C)Cn1ccnc1CNC(=O)N1CCC[C@@H](N(C)C)C1. The zero-order valence-electron chi connectivity index (χ0n) is 14.2. The van der Waals surface area contributed by atoms with Gasteiger partial charge in [0.2, 0.25) is 0 Å². The molecule has 6 nitrogen and oxygen atoms in total. The molecule has 2 rings (SSSR count). The summed E-state index contributed by atoms with van der Waals surface area (Å²) in [6, 6.07) is 0.480. The molecule has 6 heteroatoms. The van der Waals surface area contributed by atoms with Crippen LogP contribution >= 0.6 is 0 Å². The lowest BCUT2D eigenvalue weighted by Crippen LogP contribution is -2.50. The number of likely N-dealkylation sites (N-methyl/N-ethyl adjacent to an activating group) is 1. The highest BCUT2D eigenvalue weighted by Crippen LogP contribution is 2.13. The maximum Gasteiger partial charge on any atom is 0.317 e. The fourth-order valence-corrected chi connectivity index (χ4v) is 2.89. The van der Waals surface area contributed by atoms with Gasteiger partial charge in [-0.25, -0.2) is 9.78 Å². The quantitative estimate of drug-likeness (QED) is 0.902. The van der Waals surface area contributed by atoms with E-state index in [1.165, 1.54) is 0 Å². The summed E-state index contributed by atoms with van der Waals surface area (Å²) in [6.45, 7) is 7.42. The fourth-order valence-electron chi connectivity index (χ4n) is 2.89. The number of piperidine rings is 1. The van der Waals surface area contributed by atoms with E-state index < -0.39 is 0 Å². The van der Waals surface area contributed by atoms with Crippen molar-refractivity contribution in [2.75, 3.05) is 27.2 Å². The van der Waals surface area contributed by atoms with Gasteiger partial charge in [-0.2, -0.15) is 0 Å². The van der Waals surface area contributed by atoms with E-state index in [4.69, 9.17) is 0 Å². The van der Waals surface area contributed by atoms with E-state index in [0.717, 1.165) is 38.3 Å². The summed E-state index contributed by atoms with van der Waals surface area (Å²) in [5.74, 6) is 1.48. The van der Waals surface area contributed by atoms with Gasteiger partial charge in [-0.05, 0) is 32.9 Å². The number of rotatable bonds is 5. The molecule has 0 radical (unpaired) electrons. The summed E-state index contributed by atoms with van der Waals surface area (Å²) in [5.41, 5.74) is 0. The molecule has 1 fully saturated rings. The van der Waals surface area contributed by atoms with Crippen molar-refractivity contribution in [2.24, 2.45) is 5.92 Å². The van der Waals surface area contributed by atoms with Crippen molar-refractivity contribution in [1.82, 2.24) is 24.7 Å². The van der Waals surface area contributed by atoms with Crippen LogP contribution in [-0.2, 0) is 13.1 Å². The average Bonchev–Trinajstić information content (AvgIpc) is 2.91. The van der Waals surface area contributed by atoms with Crippen LogP contribution < -0.4 is 5.32 Å². The normalized spacial score (nSPS) is 19.0. The summed E-state index contributed by atoms with van der Waals surface area (Å²) in [7, 11) is 4.16. The minimum absolute atomic E-state index is 0.0191. The van der Waals surface area contributed by atoms with Gasteiger partial charge in [0.25, 0.3) is 0 Å². The van der Waals surface area contributed by atoms with Crippen LogP contribution in [0.1, 0.15) is 32.5 Å². The Morgan fingerprint density at radius 1 is 1.50 bits per heavy atom. The fraction of sp³-hybridized carbons (Fsp3) is 0.750. The third-order valence-corrected chi connectivity index (χ3v) is 4.18. The van der Waals surface area contributed by atoms with Gasteiger partial charge in [0, 0.05) is 38.1 Å². The second-order valence-electron chi connectivity index (χ2n) is 6.75. The largest absolute Gasteiger partial charge is 0.333 e. The molecule has 0 unspecified atom stereocenters. The molecule has 0 aliphatic carbocycles. The van der Waals surface area contributed by atoms with Crippen molar-refractivity contribution in [3.63, 3.8) is 0 Å². The van der Waals surface area contributed by atoms with Gasteiger partial charge in [-0.3, -0.25) is 0 Å². The lowest BCUT2D eigenvalue weighted by atomic mass is 10.1. The molecule has 0 spiro atoms. The summed E-state index contributed by atoms with van der Waals surface area (Å²) in [4.78, 5) is 20.8. The third-order valence-electron chi connectivity index (χ3n) is 4.18. The van der Waals surface area contributed by atoms with Crippen molar-refractivity contribution in [2.45, 2.75) is 45.8 Å². The first-order valence-electron chi connectivity index (χ1n) is 8.16. The Morgan fingerprint density at radius 3 is 2.95 bits per heavy atom. The monoisotopic (exact) mass is 307 g/mol. The molecule has 1 atom stereocenters. The molecule has 1 aromatic rings. The number of nitrogens with zero attached hydrogens (tertiary/aromatic N) is 4. The summed E-state index contributed by atoms with van der Waals surface area (Å²) in [6.07, 6.45) is 6.01.